The van der Waals surface area contributed by atoms with Crippen LogP contribution in [-0.2, 0) is 50.6 Å². The van der Waals surface area contributed by atoms with E-state index in [1.807, 2.05) is 0 Å². The van der Waals surface area contributed by atoms with Crippen molar-refractivity contribution in [2.24, 2.45) is 5.92 Å². The first-order valence-corrected chi connectivity index (χ1v) is 29.2. The summed E-state index contributed by atoms with van der Waals surface area (Å²) in [7, 11) is -4.70. The molecule has 73 heavy (non-hydrogen) atoms. The Hall–Kier alpha value is -4.35. The number of aromatic nitrogens is 2. The number of nitrogens with zero attached hydrogens (tertiary/aromatic N) is 4. The monoisotopic (exact) mass is 1040 g/mol. The Bertz CT molecular complexity index is 1980. The van der Waals surface area contributed by atoms with Crippen LogP contribution in [0.5, 0.6) is 5.75 Å². The minimum atomic E-state index is -4.70. The topological polar surface area (TPSA) is 222 Å². The number of amides is 3. The number of unbranched alkanes of at least 4 members (excludes halogenated alkanes) is 13. The van der Waals surface area contributed by atoms with Crippen LogP contribution in [0.1, 0.15) is 173 Å². The van der Waals surface area contributed by atoms with Crippen LogP contribution in [0, 0.1) is 5.92 Å². The van der Waals surface area contributed by atoms with Crippen LogP contribution < -0.4 is 15.2 Å². The van der Waals surface area contributed by atoms with Crippen molar-refractivity contribution < 1.29 is 52.0 Å². The molecule has 3 amide bonds. The van der Waals surface area contributed by atoms with Gasteiger partial charge in [0.25, 0.3) is 0 Å². The molecule has 18 nitrogen and oxygen atoms in total. The van der Waals surface area contributed by atoms with Crippen molar-refractivity contribution >= 4 is 37.5 Å². The van der Waals surface area contributed by atoms with Gasteiger partial charge in [-0.1, -0.05) is 115 Å². The normalized spacial score (nSPS) is 19.9. The van der Waals surface area contributed by atoms with E-state index in [2.05, 4.69) is 42.3 Å². The van der Waals surface area contributed by atoms with Crippen LogP contribution in [0.25, 0.3) is 0 Å². The van der Waals surface area contributed by atoms with E-state index in [0.717, 1.165) is 57.5 Å². The largest absolute Gasteiger partial charge is 0.530 e. The fraction of sp³-hybridized carbons (Fsp3) is 0.741. The number of phosphoric ester groups is 1. The lowest BCUT2D eigenvalue weighted by Crippen LogP contribution is -2.57. The maximum absolute atomic E-state index is 14.4. The molecular weight excluding hydrogens is 954 g/mol. The molecular formula is C54H88N7O11P. The highest BCUT2D eigenvalue weighted by Gasteiger charge is 2.44. The maximum Gasteiger partial charge on any atom is 0.530 e. The van der Waals surface area contributed by atoms with Crippen LogP contribution in [0.3, 0.4) is 0 Å². The molecule has 2 unspecified atom stereocenters. The number of carbonyl (C=O) groups is 5. The molecule has 4 heterocycles. The van der Waals surface area contributed by atoms with E-state index in [0.29, 0.717) is 44.3 Å². The zero-order chi connectivity index (χ0) is 52.3. The first-order chi connectivity index (χ1) is 35.3. The van der Waals surface area contributed by atoms with Gasteiger partial charge in [-0.05, 0) is 88.6 Å². The average molecular weight is 1040 g/mol. The average Bonchev–Trinajstić information content (AvgIpc) is 4.04. The van der Waals surface area contributed by atoms with Crippen LogP contribution in [0.15, 0.2) is 36.7 Å². The minimum Gasteiger partial charge on any atom is -0.432 e. The predicted octanol–water partition coefficient (Wildman–Crippen LogP) is 8.81. The predicted molar refractivity (Wildman–Crippen MR) is 280 cm³/mol. The van der Waals surface area contributed by atoms with Crippen molar-refractivity contribution in [1.29, 1.82) is 0 Å². The summed E-state index contributed by atoms with van der Waals surface area (Å²) < 4.78 is 32.0. The fourth-order valence-electron chi connectivity index (χ4n) is 10.3. The van der Waals surface area contributed by atoms with E-state index >= 15 is 0 Å². The Morgan fingerprint density at radius 3 is 2.08 bits per heavy atom. The number of hydrogen-bond acceptors (Lipinski definition) is 13. The fourth-order valence-corrected chi connectivity index (χ4v) is 10.9. The van der Waals surface area contributed by atoms with E-state index in [1.165, 1.54) is 102 Å². The lowest BCUT2D eigenvalue weighted by atomic mass is 9.91. The third-order valence-corrected chi connectivity index (χ3v) is 15.3. The van der Waals surface area contributed by atoms with Gasteiger partial charge in [-0.25, -0.2) is 13.9 Å². The Morgan fingerprint density at radius 2 is 1.45 bits per heavy atom. The van der Waals surface area contributed by atoms with Crippen molar-refractivity contribution in [3.63, 3.8) is 0 Å². The van der Waals surface area contributed by atoms with Crippen molar-refractivity contribution in [3.8, 4) is 5.75 Å². The standard InChI is InChI=1S/C54H88N7O11P/c1-4-5-6-7-8-9-10-11-12-13-14-15-16-19-31-59-33-35-60(36-34-59)32-29-47(62)38-45(37-43-22-25-48(26-23-43)72-73(67,68)70-41-69-54(66)71-42(2)3)51(63)58-49-21-18-17-20-46-24-27-50(61(46)53(49)65)52(64)55-30-28-44-39-56-57-40-44/h22-23,25-26,39-40,42,45-46,49-50H,4-21,24,27-38,41H2,1-3H3,(H,55,64)(H,56,57)(H,58,63)(H,67,68)/t45-,46?,49+,50+/m1/s1. The zero-order valence-corrected chi connectivity index (χ0v) is 45.1. The number of Topliss-reactive ketones (excluding diaryl/α,β-unsaturated/α-hetero) is 1. The number of ketones is 1. The number of ether oxygens (including phenoxy) is 2. The summed E-state index contributed by atoms with van der Waals surface area (Å²) in [4.78, 5) is 84.6. The van der Waals surface area contributed by atoms with Gasteiger partial charge >= 0.3 is 14.0 Å². The van der Waals surface area contributed by atoms with Gasteiger partial charge in [0.15, 0.2) is 0 Å². The molecule has 3 aliphatic rings. The first kappa shape index (κ1) is 59.5. The molecule has 5 atom stereocenters. The first-order valence-electron chi connectivity index (χ1n) is 27.7. The Balaban J connectivity index is 1.11. The van der Waals surface area contributed by atoms with Crippen LogP contribution >= 0.6 is 7.82 Å². The number of carbonyl (C=O) groups excluding carboxylic acids is 5. The van der Waals surface area contributed by atoms with E-state index in [9.17, 15) is 33.4 Å². The number of aromatic amines is 1. The molecule has 0 bridgehead atoms. The van der Waals surface area contributed by atoms with Gasteiger partial charge in [-0.15, -0.1) is 0 Å². The molecule has 3 aliphatic heterocycles. The van der Waals surface area contributed by atoms with Gasteiger partial charge in [-0.3, -0.25) is 29.2 Å². The van der Waals surface area contributed by atoms with Gasteiger partial charge in [0.05, 0.1) is 12.3 Å². The van der Waals surface area contributed by atoms with E-state index in [-0.39, 0.29) is 48.7 Å². The van der Waals surface area contributed by atoms with Crippen LogP contribution in [0.4, 0.5) is 4.79 Å². The number of piperazine rings is 1. The summed E-state index contributed by atoms with van der Waals surface area (Å²) in [5.41, 5.74) is 1.62. The van der Waals surface area contributed by atoms with Crippen molar-refractivity contribution in [1.82, 2.24) is 35.5 Å². The highest BCUT2D eigenvalue weighted by Crippen LogP contribution is 2.44. The van der Waals surface area contributed by atoms with Crippen LogP contribution in [0.2, 0.25) is 0 Å². The van der Waals surface area contributed by atoms with Crippen molar-refractivity contribution in [2.45, 2.75) is 199 Å². The van der Waals surface area contributed by atoms with Gasteiger partial charge in [-0.2, -0.15) is 5.10 Å². The molecule has 4 N–H and O–H groups in total. The Labute approximate surface area is 434 Å². The maximum atomic E-state index is 14.4. The highest BCUT2D eigenvalue weighted by molar-refractivity contribution is 7.47. The molecule has 1 aromatic carbocycles. The Morgan fingerprint density at radius 1 is 0.822 bits per heavy atom. The molecule has 3 saturated heterocycles. The summed E-state index contributed by atoms with van der Waals surface area (Å²) in [5, 5.41) is 12.8. The number of rotatable bonds is 34. The minimum absolute atomic E-state index is 0.0172. The molecule has 5 rings (SSSR count). The summed E-state index contributed by atoms with van der Waals surface area (Å²) in [6.45, 7) is 10.5. The summed E-state index contributed by atoms with van der Waals surface area (Å²) in [6.07, 6.45) is 25.9. The second kappa shape index (κ2) is 32.8. The summed E-state index contributed by atoms with van der Waals surface area (Å²) >= 11 is 0. The number of phosphoric acid groups is 1. The SMILES string of the molecule is CCCCCCCCCCCCCCCCN1CCN(CCC(=O)C[C@@H](Cc2ccc(OP(=O)(O)OCOC(=O)OC(C)C)cc2)C(=O)N[C@H]2CCCCC3CC[C@@H](C(=O)NCCc4cn[nH]c4)N3C2=O)CC1. The number of nitrogens with one attached hydrogen (secondary N) is 3. The van der Waals surface area contributed by atoms with E-state index < -0.39 is 50.8 Å². The third kappa shape index (κ3) is 22.6. The molecule has 0 radical (unpaired) electrons. The van der Waals surface area contributed by atoms with Crippen LogP contribution in [-0.4, -0.2) is 136 Å². The van der Waals surface area contributed by atoms with Crippen molar-refractivity contribution in [3.05, 3.63) is 47.8 Å². The van der Waals surface area contributed by atoms with Gasteiger partial charge < -0.3 is 39.3 Å². The zero-order valence-electron chi connectivity index (χ0n) is 44.2. The number of benzene rings is 1. The lowest BCUT2D eigenvalue weighted by molar-refractivity contribution is -0.144. The number of hydrogen-bond donors (Lipinski definition) is 4. The Kier molecular flexibility index (Phi) is 26.8. The molecule has 19 heteroatoms. The second-order valence-electron chi connectivity index (χ2n) is 20.7. The molecule has 410 valence electrons. The molecule has 0 saturated carbocycles. The van der Waals surface area contributed by atoms with Gasteiger partial charge in [0, 0.05) is 70.3 Å². The van der Waals surface area contributed by atoms with E-state index in [1.54, 1.807) is 43.3 Å². The quantitative estimate of drug-likeness (QED) is 0.0223. The highest BCUT2D eigenvalue weighted by atomic mass is 31.2. The smallest absolute Gasteiger partial charge is 0.432 e. The number of H-pyrrole nitrogens is 1. The summed E-state index contributed by atoms with van der Waals surface area (Å²) in [6, 6.07) is 4.53. The second-order valence-corrected chi connectivity index (χ2v) is 22.0. The summed E-state index contributed by atoms with van der Waals surface area (Å²) in [5.74, 6) is -1.82. The molecule has 3 fully saturated rings. The molecule has 1 aromatic heterocycles. The molecule has 0 aliphatic carbocycles. The molecule has 0 spiro atoms. The third-order valence-electron chi connectivity index (χ3n) is 14.4. The van der Waals surface area contributed by atoms with Crippen molar-refractivity contribution in [2.75, 3.05) is 52.6 Å². The van der Waals surface area contributed by atoms with Gasteiger partial charge in [0.1, 0.15) is 23.6 Å². The van der Waals surface area contributed by atoms with E-state index in [4.69, 9.17) is 13.8 Å². The van der Waals surface area contributed by atoms with Gasteiger partial charge in [0.2, 0.25) is 24.5 Å². The molecule has 2 aromatic rings. The lowest BCUT2D eigenvalue weighted by Gasteiger charge is -2.35. The number of fused-ring (bicyclic) bond motifs is 1.